The predicted octanol–water partition coefficient (Wildman–Crippen LogP) is 3.15. The molecule has 0 aliphatic rings. The maximum atomic E-state index is 11.3. The van der Waals surface area contributed by atoms with E-state index in [1.165, 1.54) is 11.1 Å². The zero-order valence-corrected chi connectivity index (χ0v) is 11.1. The summed E-state index contributed by atoms with van der Waals surface area (Å²) in [7, 11) is 0. The average Bonchev–Trinajstić information content (AvgIpc) is 2.40. The molecule has 0 radical (unpaired) electrons. The van der Waals surface area contributed by atoms with Crippen LogP contribution in [0.25, 0.3) is 0 Å². The Kier molecular flexibility index (Phi) is 3.76. The Bertz CT molecular complexity index is 645. The van der Waals surface area contributed by atoms with Gasteiger partial charge in [0.25, 0.3) is 5.91 Å². The lowest BCUT2D eigenvalue weighted by molar-refractivity contribution is 0.100. The van der Waals surface area contributed by atoms with Crippen molar-refractivity contribution in [1.29, 1.82) is 0 Å². The minimum absolute atomic E-state index is 0.434. The normalized spacial score (nSPS) is 10.8. The van der Waals surface area contributed by atoms with E-state index in [2.05, 4.69) is 24.9 Å². The molecule has 0 saturated carbocycles. The second kappa shape index (κ2) is 5.48. The van der Waals surface area contributed by atoms with Gasteiger partial charge >= 0.3 is 0 Å². The summed E-state index contributed by atoms with van der Waals surface area (Å²) in [4.78, 5) is 15.7. The highest BCUT2D eigenvalue weighted by Gasteiger charge is 2.05. The van der Waals surface area contributed by atoms with Crippen LogP contribution in [0.15, 0.2) is 47.5 Å². The Labute approximate surface area is 112 Å². The molecule has 19 heavy (non-hydrogen) atoms. The number of carbonyl (C=O) groups is 1. The van der Waals surface area contributed by atoms with Crippen molar-refractivity contribution < 1.29 is 4.79 Å². The van der Waals surface area contributed by atoms with Crippen molar-refractivity contribution in [2.24, 2.45) is 10.7 Å². The zero-order valence-electron chi connectivity index (χ0n) is 11.1. The molecule has 2 aromatic rings. The highest BCUT2D eigenvalue weighted by atomic mass is 16.1. The summed E-state index contributed by atoms with van der Waals surface area (Å²) >= 11 is 0. The van der Waals surface area contributed by atoms with Crippen LogP contribution >= 0.6 is 0 Å². The minimum Gasteiger partial charge on any atom is -0.366 e. The second-order valence-electron chi connectivity index (χ2n) is 4.43. The summed E-state index contributed by atoms with van der Waals surface area (Å²) in [6, 6.07) is 13.1. The van der Waals surface area contributed by atoms with Gasteiger partial charge in [-0.2, -0.15) is 0 Å². The third kappa shape index (κ3) is 2.88. The van der Waals surface area contributed by atoms with Crippen molar-refractivity contribution in [2.75, 3.05) is 0 Å². The Balaban J connectivity index is 2.38. The van der Waals surface area contributed by atoms with E-state index >= 15 is 0 Å². The first-order valence-electron chi connectivity index (χ1n) is 6.08. The van der Waals surface area contributed by atoms with Gasteiger partial charge in [0.15, 0.2) is 0 Å². The number of rotatable bonds is 3. The summed E-state index contributed by atoms with van der Waals surface area (Å²) in [6.45, 7) is 4.11. The number of aryl methyl sites for hydroxylation is 1. The number of aliphatic imine (C=N–C) groups is 1. The number of primary amides is 1. The number of benzene rings is 2. The highest BCUT2D eigenvalue weighted by Crippen LogP contribution is 2.19. The van der Waals surface area contributed by atoms with Gasteiger partial charge < -0.3 is 5.73 Å². The minimum atomic E-state index is -0.464. The first-order valence-corrected chi connectivity index (χ1v) is 6.08. The van der Waals surface area contributed by atoms with Crippen LogP contribution in [-0.4, -0.2) is 12.1 Å². The summed E-state index contributed by atoms with van der Waals surface area (Å²) in [5.74, 6) is -0.464. The van der Waals surface area contributed by atoms with Gasteiger partial charge in [0.1, 0.15) is 0 Å². The maximum absolute atomic E-state index is 11.3. The van der Waals surface area contributed by atoms with Crippen LogP contribution in [-0.2, 0) is 0 Å². The van der Waals surface area contributed by atoms with E-state index in [-0.39, 0.29) is 0 Å². The van der Waals surface area contributed by atoms with Crippen LogP contribution in [0.1, 0.15) is 27.0 Å². The van der Waals surface area contributed by atoms with Gasteiger partial charge in [-0.15, -0.1) is 0 Å². The van der Waals surface area contributed by atoms with Gasteiger partial charge in [-0.3, -0.25) is 9.79 Å². The quantitative estimate of drug-likeness (QED) is 0.838. The SMILES string of the molecule is Cc1cccc(C=Nc2ccccc2C(N)=O)c1C. The molecular formula is C16H16N2O. The molecule has 0 heterocycles. The molecule has 96 valence electrons. The molecule has 0 bridgehead atoms. The monoisotopic (exact) mass is 252 g/mol. The molecule has 0 aliphatic heterocycles. The number of para-hydroxylation sites is 1. The number of amides is 1. The van der Waals surface area contributed by atoms with Crippen LogP contribution in [0.4, 0.5) is 5.69 Å². The number of carbonyl (C=O) groups excluding carboxylic acids is 1. The van der Waals surface area contributed by atoms with E-state index in [4.69, 9.17) is 5.73 Å². The molecule has 0 aromatic heterocycles. The number of nitrogens with two attached hydrogens (primary N) is 1. The Morgan fingerprint density at radius 3 is 2.58 bits per heavy atom. The van der Waals surface area contributed by atoms with Crippen LogP contribution in [0.5, 0.6) is 0 Å². The van der Waals surface area contributed by atoms with Gasteiger partial charge in [-0.05, 0) is 42.7 Å². The van der Waals surface area contributed by atoms with Gasteiger partial charge in [0.05, 0.1) is 11.3 Å². The molecular weight excluding hydrogens is 236 g/mol. The summed E-state index contributed by atoms with van der Waals surface area (Å²) in [5, 5.41) is 0. The summed E-state index contributed by atoms with van der Waals surface area (Å²) in [6.07, 6.45) is 1.77. The first-order chi connectivity index (χ1) is 9.09. The molecule has 0 atom stereocenters. The van der Waals surface area contributed by atoms with Crippen LogP contribution in [0, 0.1) is 13.8 Å². The fraction of sp³-hybridized carbons (Fsp3) is 0.125. The number of nitrogens with zero attached hydrogens (tertiary/aromatic N) is 1. The Morgan fingerprint density at radius 1 is 1.11 bits per heavy atom. The highest BCUT2D eigenvalue weighted by molar-refractivity contribution is 5.99. The fourth-order valence-electron chi connectivity index (χ4n) is 1.85. The van der Waals surface area contributed by atoms with Crippen molar-refractivity contribution >= 4 is 17.8 Å². The molecule has 2 rings (SSSR count). The lowest BCUT2D eigenvalue weighted by Gasteiger charge is -2.04. The molecule has 2 aromatic carbocycles. The number of hydrogen-bond donors (Lipinski definition) is 1. The lowest BCUT2D eigenvalue weighted by Crippen LogP contribution is -2.10. The molecule has 0 unspecified atom stereocenters. The zero-order chi connectivity index (χ0) is 13.8. The number of hydrogen-bond acceptors (Lipinski definition) is 2. The molecule has 0 aliphatic carbocycles. The van der Waals surface area contributed by atoms with E-state index in [0.29, 0.717) is 11.3 Å². The van der Waals surface area contributed by atoms with Crippen molar-refractivity contribution in [1.82, 2.24) is 0 Å². The van der Waals surface area contributed by atoms with Crippen molar-refractivity contribution in [3.63, 3.8) is 0 Å². The van der Waals surface area contributed by atoms with Gasteiger partial charge in [0, 0.05) is 6.21 Å². The van der Waals surface area contributed by atoms with E-state index in [1.54, 1.807) is 24.4 Å². The molecule has 2 N–H and O–H groups in total. The van der Waals surface area contributed by atoms with Gasteiger partial charge in [-0.1, -0.05) is 30.3 Å². The molecule has 3 heteroatoms. The van der Waals surface area contributed by atoms with Crippen LogP contribution in [0.2, 0.25) is 0 Å². The van der Waals surface area contributed by atoms with E-state index < -0.39 is 5.91 Å². The largest absolute Gasteiger partial charge is 0.366 e. The topological polar surface area (TPSA) is 55.4 Å². The molecule has 0 fully saturated rings. The molecule has 3 nitrogen and oxygen atoms in total. The lowest BCUT2D eigenvalue weighted by atomic mass is 10.0. The van der Waals surface area contributed by atoms with E-state index in [0.717, 1.165) is 5.56 Å². The smallest absolute Gasteiger partial charge is 0.250 e. The Hall–Kier alpha value is -2.42. The average molecular weight is 252 g/mol. The van der Waals surface area contributed by atoms with Crippen LogP contribution < -0.4 is 5.73 Å². The van der Waals surface area contributed by atoms with Crippen LogP contribution in [0.3, 0.4) is 0 Å². The predicted molar refractivity (Wildman–Crippen MR) is 78.1 cm³/mol. The van der Waals surface area contributed by atoms with Crippen molar-refractivity contribution in [2.45, 2.75) is 13.8 Å². The third-order valence-corrected chi connectivity index (χ3v) is 3.16. The second-order valence-corrected chi connectivity index (χ2v) is 4.43. The summed E-state index contributed by atoms with van der Waals surface area (Å²) in [5.41, 5.74) is 9.79. The van der Waals surface area contributed by atoms with Gasteiger partial charge in [-0.25, -0.2) is 0 Å². The maximum Gasteiger partial charge on any atom is 0.250 e. The molecule has 1 amide bonds. The molecule has 0 saturated heterocycles. The molecule has 0 spiro atoms. The third-order valence-electron chi connectivity index (χ3n) is 3.16. The first kappa shape index (κ1) is 13.0. The fourth-order valence-corrected chi connectivity index (χ4v) is 1.85. The van der Waals surface area contributed by atoms with E-state index in [1.807, 2.05) is 18.2 Å². The van der Waals surface area contributed by atoms with Crippen molar-refractivity contribution in [3.8, 4) is 0 Å². The van der Waals surface area contributed by atoms with E-state index in [9.17, 15) is 4.79 Å². The van der Waals surface area contributed by atoms with Crippen molar-refractivity contribution in [3.05, 3.63) is 64.7 Å². The standard InChI is InChI=1S/C16H16N2O/c1-11-6-5-7-13(12(11)2)10-18-15-9-4-3-8-14(15)16(17)19/h3-10H,1-2H3,(H2,17,19). The summed E-state index contributed by atoms with van der Waals surface area (Å²) < 4.78 is 0. The van der Waals surface area contributed by atoms with Gasteiger partial charge in [0.2, 0.25) is 0 Å². The Morgan fingerprint density at radius 2 is 1.84 bits per heavy atom.